The summed E-state index contributed by atoms with van der Waals surface area (Å²) in [6.07, 6.45) is 3.28. The van der Waals surface area contributed by atoms with Crippen LogP contribution in [0.15, 0.2) is 29.3 Å². The zero-order valence-electron chi connectivity index (χ0n) is 12.4. The van der Waals surface area contributed by atoms with Gasteiger partial charge in [0.05, 0.1) is 16.9 Å². The van der Waals surface area contributed by atoms with Crippen LogP contribution in [0.4, 0.5) is 4.79 Å². The van der Waals surface area contributed by atoms with E-state index in [0.29, 0.717) is 27.5 Å². The van der Waals surface area contributed by atoms with Crippen LogP contribution in [0.2, 0.25) is 4.47 Å². The Morgan fingerprint density at radius 1 is 1.33 bits per heavy atom. The predicted molar refractivity (Wildman–Crippen MR) is 93.6 cm³/mol. The molecule has 6 nitrogen and oxygen atoms in total. The van der Waals surface area contributed by atoms with E-state index in [2.05, 4.69) is 10.3 Å². The first-order valence-corrected chi connectivity index (χ1v) is 8.72. The summed E-state index contributed by atoms with van der Waals surface area (Å²) in [6, 6.07) is 5.26. The lowest BCUT2D eigenvalue weighted by Gasteiger charge is -2.10. The first-order valence-electron chi connectivity index (χ1n) is 6.71. The van der Waals surface area contributed by atoms with Crippen molar-refractivity contribution in [2.75, 3.05) is 7.11 Å². The van der Waals surface area contributed by atoms with Gasteiger partial charge in [0.2, 0.25) is 0 Å². The number of imide groups is 1. The maximum Gasteiger partial charge on any atom is 0.290 e. The van der Waals surface area contributed by atoms with Gasteiger partial charge in [0.15, 0.2) is 16.0 Å². The van der Waals surface area contributed by atoms with E-state index in [-0.39, 0.29) is 5.24 Å². The van der Waals surface area contributed by atoms with Gasteiger partial charge in [-0.25, -0.2) is 4.98 Å². The molecule has 3 rings (SSSR count). The van der Waals surface area contributed by atoms with Crippen molar-refractivity contribution < 1.29 is 19.1 Å². The van der Waals surface area contributed by atoms with Crippen LogP contribution in [0.25, 0.3) is 6.08 Å². The number of amides is 2. The van der Waals surface area contributed by atoms with Crippen LogP contribution in [0.3, 0.4) is 0 Å². The van der Waals surface area contributed by atoms with Crippen molar-refractivity contribution in [3.8, 4) is 11.5 Å². The minimum Gasteiger partial charge on any atom is -0.493 e. The molecule has 1 aliphatic rings. The predicted octanol–water partition coefficient (Wildman–Crippen LogP) is 3.71. The van der Waals surface area contributed by atoms with Crippen LogP contribution < -0.4 is 14.8 Å². The molecule has 1 aromatic heterocycles. The maximum atomic E-state index is 11.6. The third-order valence-electron chi connectivity index (χ3n) is 3.02. The Hall–Kier alpha value is -2.03. The van der Waals surface area contributed by atoms with Crippen molar-refractivity contribution in [3.63, 3.8) is 0 Å². The fourth-order valence-electron chi connectivity index (χ4n) is 1.96. The van der Waals surface area contributed by atoms with Crippen LogP contribution >= 0.6 is 34.7 Å². The Labute approximate surface area is 150 Å². The number of carbonyl (C=O) groups excluding carboxylic acids is 2. The molecule has 2 aromatic rings. The molecule has 1 aliphatic heterocycles. The Morgan fingerprint density at radius 2 is 2.17 bits per heavy atom. The molecule has 0 saturated carbocycles. The number of rotatable bonds is 5. The third-order valence-corrected chi connectivity index (χ3v) is 4.92. The second-order valence-corrected chi connectivity index (χ2v) is 7.34. The number of halogens is 1. The summed E-state index contributed by atoms with van der Waals surface area (Å²) < 4.78 is 11.5. The van der Waals surface area contributed by atoms with Crippen molar-refractivity contribution in [2.45, 2.75) is 6.61 Å². The average molecular weight is 383 g/mol. The minimum absolute atomic E-state index is 0.327. The Kier molecular flexibility index (Phi) is 5.08. The van der Waals surface area contributed by atoms with Crippen molar-refractivity contribution in [2.24, 2.45) is 0 Å². The number of thiazole rings is 1. The summed E-state index contributed by atoms with van der Waals surface area (Å²) >= 11 is 8.00. The second kappa shape index (κ2) is 7.25. The monoisotopic (exact) mass is 382 g/mol. The summed E-state index contributed by atoms with van der Waals surface area (Å²) in [5.74, 6) is 0.685. The zero-order chi connectivity index (χ0) is 17.1. The standard InChI is InChI=1S/C15H11ClN2O4S2/c1-21-11-4-8(5-12-13(19)18-15(20)24-12)2-3-10(11)22-7-9-6-17-14(16)23-9/h2-6H,7H2,1H3,(H,18,19,20)/b12-5-. The molecular formula is C15H11ClN2O4S2. The van der Waals surface area contributed by atoms with E-state index in [1.54, 1.807) is 30.5 Å². The number of benzene rings is 1. The van der Waals surface area contributed by atoms with Gasteiger partial charge in [0.25, 0.3) is 11.1 Å². The van der Waals surface area contributed by atoms with E-state index in [0.717, 1.165) is 22.2 Å². The molecule has 1 aromatic carbocycles. The van der Waals surface area contributed by atoms with Gasteiger partial charge in [-0.1, -0.05) is 17.7 Å². The number of thioether (sulfide) groups is 1. The molecule has 0 atom stereocenters. The normalized spacial score (nSPS) is 15.7. The molecule has 0 radical (unpaired) electrons. The van der Waals surface area contributed by atoms with Gasteiger partial charge >= 0.3 is 0 Å². The average Bonchev–Trinajstić information content (AvgIpc) is 3.11. The van der Waals surface area contributed by atoms with Gasteiger partial charge in [-0.05, 0) is 35.5 Å². The molecule has 0 bridgehead atoms. The summed E-state index contributed by atoms with van der Waals surface area (Å²) in [4.78, 5) is 28.0. The van der Waals surface area contributed by atoms with Crippen LogP contribution in [0, 0.1) is 0 Å². The number of methoxy groups -OCH3 is 1. The Balaban J connectivity index is 1.76. The summed E-state index contributed by atoms with van der Waals surface area (Å²) in [5, 5.41) is 1.84. The van der Waals surface area contributed by atoms with Crippen LogP contribution in [-0.4, -0.2) is 23.2 Å². The SMILES string of the molecule is COc1cc(/C=C2\SC(=O)NC2=O)ccc1OCc1cnc(Cl)s1. The van der Waals surface area contributed by atoms with Gasteiger partial charge in [-0.15, -0.1) is 11.3 Å². The van der Waals surface area contributed by atoms with Crippen molar-refractivity contribution >= 4 is 51.9 Å². The zero-order valence-corrected chi connectivity index (χ0v) is 14.8. The Bertz CT molecular complexity index is 835. The molecule has 1 saturated heterocycles. The molecule has 2 heterocycles. The largest absolute Gasteiger partial charge is 0.493 e. The smallest absolute Gasteiger partial charge is 0.290 e. The summed E-state index contributed by atoms with van der Waals surface area (Å²) in [5.41, 5.74) is 0.729. The van der Waals surface area contributed by atoms with E-state index >= 15 is 0 Å². The lowest BCUT2D eigenvalue weighted by Crippen LogP contribution is -2.17. The van der Waals surface area contributed by atoms with Crippen LogP contribution in [0.1, 0.15) is 10.4 Å². The third kappa shape index (κ3) is 3.89. The van der Waals surface area contributed by atoms with E-state index < -0.39 is 5.91 Å². The molecule has 0 aliphatic carbocycles. The van der Waals surface area contributed by atoms with Gasteiger partial charge < -0.3 is 9.47 Å². The van der Waals surface area contributed by atoms with Crippen molar-refractivity contribution in [1.29, 1.82) is 0 Å². The van der Waals surface area contributed by atoms with Gasteiger partial charge in [0.1, 0.15) is 6.61 Å². The van der Waals surface area contributed by atoms with E-state index in [4.69, 9.17) is 21.1 Å². The topological polar surface area (TPSA) is 77.5 Å². The first kappa shape index (κ1) is 16.8. The lowest BCUT2D eigenvalue weighted by molar-refractivity contribution is -0.115. The number of aromatic nitrogens is 1. The summed E-state index contributed by atoms with van der Waals surface area (Å²) in [6.45, 7) is 0.327. The van der Waals surface area contributed by atoms with E-state index in [1.165, 1.54) is 18.4 Å². The van der Waals surface area contributed by atoms with Gasteiger partial charge in [-0.3, -0.25) is 14.9 Å². The molecular weight excluding hydrogens is 372 g/mol. The van der Waals surface area contributed by atoms with E-state index in [1.807, 2.05) is 0 Å². The van der Waals surface area contributed by atoms with Crippen LogP contribution in [0.5, 0.6) is 11.5 Å². The first-order chi connectivity index (χ1) is 11.5. The van der Waals surface area contributed by atoms with Crippen molar-refractivity contribution in [3.05, 3.63) is 44.2 Å². The molecule has 0 spiro atoms. The molecule has 9 heteroatoms. The quantitative estimate of drug-likeness (QED) is 0.794. The highest BCUT2D eigenvalue weighted by Gasteiger charge is 2.25. The fourth-order valence-corrected chi connectivity index (χ4v) is 3.54. The molecule has 124 valence electrons. The highest BCUT2D eigenvalue weighted by atomic mass is 35.5. The maximum absolute atomic E-state index is 11.6. The highest BCUT2D eigenvalue weighted by molar-refractivity contribution is 8.18. The molecule has 2 amide bonds. The molecule has 1 N–H and O–H groups in total. The summed E-state index contributed by atoms with van der Waals surface area (Å²) in [7, 11) is 1.53. The van der Waals surface area contributed by atoms with Gasteiger partial charge in [0, 0.05) is 6.20 Å². The molecule has 24 heavy (non-hydrogen) atoms. The Morgan fingerprint density at radius 3 is 2.79 bits per heavy atom. The second-order valence-electron chi connectivity index (χ2n) is 4.63. The number of hydrogen-bond donors (Lipinski definition) is 1. The fraction of sp³-hybridized carbons (Fsp3) is 0.133. The number of ether oxygens (including phenoxy) is 2. The number of nitrogens with zero attached hydrogens (tertiary/aromatic N) is 1. The lowest BCUT2D eigenvalue weighted by atomic mass is 10.2. The minimum atomic E-state index is -0.397. The van der Waals surface area contributed by atoms with Crippen LogP contribution in [-0.2, 0) is 11.4 Å². The number of carbonyl (C=O) groups is 2. The number of hydrogen-bond acceptors (Lipinski definition) is 7. The highest BCUT2D eigenvalue weighted by Crippen LogP contribution is 2.32. The molecule has 1 fully saturated rings. The van der Waals surface area contributed by atoms with Gasteiger partial charge in [-0.2, -0.15) is 0 Å². The molecule has 0 unspecified atom stereocenters. The van der Waals surface area contributed by atoms with E-state index in [9.17, 15) is 9.59 Å². The van der Waals surface area contributed by atoms with Crippen molar-refractivity contribution in [1.82, 2.24) is 10.3 Å². The number of nitrogens with one attached hydrogen (secondary N) is 1.